The number of methoxy groups -OCH3 is 2. The van der Waals surface area contributed by atoms with Gasteiger partial charge in [-0.1, -0.05) is 12.1 Å². The summed E-state index contributed by atoms with van der Waals surface area (Å²) in [5.41, 5.74) is 11.5. The number of rotatable bonds is 6. The van der Waals surface area contributed by atoms with E-state index in [0.717, 1.165) is 12.1 Å². The third-order valence-corrected chi connectivity index (χ3v) is 6.25. The van der Waals surface area contributed by atoms with Gasteiger partial charge in [0.2, 0.25) is 11.9 Å². The maximum Gasteiger partial charge on any atom is 0.416 e. The van der Waals surface area contributed by atoms with Crippen molar-refractivity contribution in [1.82, 2.24) is 14.9 Å². The number of hydrogen-bond acceptors (Lipinski definition) is 8. The number of alkyl halides is 3. The first kappa shape index (κ1) is 26.2. The second kappa shape index (κ2) is 10.2. The fourth-order valence-electron chi connectivity index (χ4n) is 4.22. The molecule has 0 bridgehead atoms. The van der Waals surface area contributed by atoms with E-state index in [2.05, 4.69) is 9.97 Å². The molecule has 0 spiro atoms. The lowest BCUT2D eigenvalue weighted by Crippen LogP contribution is -2.49. The topological polar surface area (TPSA) is 120 Å². The Bertz CT molecular complexity index is 1310. The molecule has 9 nitrogen and oxygen atoms in total. The molecule has 1 fully saturated rings. The molecule has 2 heterocycles. The van der Waals surface area contributed by atoms with E-state index < -0.39 is 23.6 Å². The summed E-state index contributed by atoms with van der Waals surface area (Å²) < 4.78 is 64.3. The van der Waals surface area contributed by atoms with Crippen LogP contribution in [0.3, 0.4) is 0 Å². The second-order valence-corrected chi connectivity index (χ2v) is 8.53. The Morgan fingerprint density at radius 2 is 1.81 bits per heavy atom. The molecule has 1 atom stereocenters. The SMILES string of the molecule is COc1cc2c(N)nc(N3CCN(C(=O)CC(N)c4cccc(C(F)(F)F)c4)CC3)nc2c(F)c1OC. The van der Waals surface area contributed by atoms with E-state index in [4.69, 9.17) is 20.9 Å². The molecule has 1 aliphatic rings. The van der Waals surface area contributed by atoms with Gasteiger partial charge in [0.05, 0.1) is 19.8 Å². The molecule has 1 saturated heterocycles. The van der Waals surface area contributed by atoms with Gasteiger partial charge in [0.15, 0.2) is 17.3 Å². The minimum atomic E-state index is -4.50. The fourth-order valence-corrected chi connectivity index (χ4v) is 4.22. The number of aromatic nitrogens is 2. The summed E-state index contributed by atoms with van der Waals surface area (Å²) in [6, 6.07) is 5.27. The van der Waals surface area contributed by atoms with Gasteiger partial charge in [0, 0.05) is 44.0 Å². The molecular weight excluding hydrogens is 496 g/mol. The first-order valence-corrected chi connectivity index (χ1v) is 11.4. The van der Waals surface area contributed by atoms with Crippen molar-refractivity contribution in [1.29, 1.82) is 0 Å². The van der Waals surface area contributed by atoms with E-state index in [0.29, 0.717) is 26.2 Å². The number of fused-ring (bicyclic) bond motifs is 1. The minimum absolute atomic E-state index is 0.0225. The van der Waals surface area contributed by atoms with Gasteiger partial charge < -0.3 is 30.7 Å². The molecule has 13 heteroatoms. The van der Waals surface area contributed by atoms with Crippen LogP contribution >= 0.6 is 0 Å². The van der Waals surface area contributed by atoms with Gasteiger partial charge in [-0.2, -0.15) is 18.2 Å². The van der Waals surface area contributed by atoms with Gasteiger partial charge in [-0.3, -0.25) is 4.79 Å². The molecular formula is C24H26F4N6O3. The van der Waals surface area contributed by atoms with Crippen LogP contribution in [0.4, 0.5) is 29.3 Å². The third-order valence-electron chi connectivity index (χ3n) is 6.25. The normalized spacial score (nSPS) is 15.1. The molecule has 1 unspecified atom stereocenters. The van der Waals surface area contributed by atoms with Crippen LogP contribution in [0.25, 0.3) is 10.9 Å². The molecule has 4 rings (SSSR count). The Balaban J connectivity index is 1.45. The van der Waals surface area contributed by atoms with Crippen LogP contribution < -0.4 is 25.8 Å². The highest BCUT2D eigenvalue weighted by atomic mass is 19.4. The second-order valence-electron chi connectivity index (χ2n) is 8.53. The zero-order valence-electron chi connectivity index (χ0n) is 20.2. The lowest BCUT2D eigenvalue weighted by Gasteiger charge is -2.35. The van der Waals surface area contributed by atoms with Crippen molar-refractivity contribution < 1.29 is 31.8 Å². The maximum absolute atomic E-state index is 15.1. The van der Waals surface area contributed by atoms with E-state index in [9.17, 15) is 18.0 Å². The summed E-state index contributed by atoms with van der Waals surface area (Å²) in [5.74, 6) is -0.706. The Hall–Kier alpha value is -3.87. The number of anilines is 2. The predicted molar refractivity (Wildman–Crippen MR) is 129 cm³/mol. The molecule has 1 amide bonds. The van der Waals surface area contributed by atoms with Gasteiger partial charge in [-0.15, -0.1) is 0 Å². The van der Waals surface area contributed by atoms with E-state index in [-0.39, 0.29) is 52.1 Å². The monoisotopic (exact) mass is 522 g/mol. The van der Waals surface area contributed by atoms with Gasteiger partial charge in [-0.05, 0) is 23.8 Å². The van der Waals surface area contributed by atoms with E-state index in [1.807, 2.05) is 0 Å². The average Bonchev–Trinajstić information content (AvgIpc) is 2.88. The van der Waals surface area contributed by atoms with Crippen molar-refractivity contribution in [3.8, 4) is 11.5 Å². The minimum Gasteiger partial charge on any atom is -0.493 e. The smallest absolute Gasteiger partial charge is 0.416 e. The number of carbonyl (C=O) groups is 1. The summed E-state index contributed by atoms with van der Waals surface area (Å²) in [5, 5.41) is 0.274. The quantitative estimate of drug-likeness (QED) is 0.474. The fraction of sp³-hybridized carbons (Fsp3) is 0.375. The van der Waals surface area contributed by atoms with Gasteiger partial charge in [0.25, 0.3) is 0 Å². The summed E-state index contributed by atoms with van der Waals surface area (Å²) >= 11 is 0. The lowest BCUT2D eigenvalue weighted by molar-refractivity contribution is -0.137. The first-order valence-electron chi connectivity index (χ1n) is 11.4. The molecule has 0 aliphatic carbocycles. The number of carbonyl (C=O) groups excluding carboxylic acids is 1. The molecule has 2 aromatic carbocycles. The van der Waals surface area contributed by atoms with Crippen LogP contribution in [-0.2, 0) is 11.0 Å². The number of halogens is 4. The number of hydrogen-bond donors (Lipinski definition) is 2. The van der Waals surface area contributed by atoms with Crippen molar-refractivity contribution in [3.63, 3.8) is 0 Å². The van der Waals surface area contributed by atoms with Crippen LogP contribution in [0.2, 0.25) is 0 Å². The number of ether oxygens (including phenoxy) is 2. The van der Waals surface area contributed by atoms with Crippen molar-refractivity contribution in [3.05, 3.63) is 47.3 Å². The van der Waals surface area contributed by atoms with Gasteiger partial charge in [0.1, 0.15) is 11.3 Å². The number of nitrogens with zero attached hydrogens (tertiary/aromatic N) is 4. The number of nitrogen functional groups attached to an aromatic ring is 1. The summed E-state index contributed by atoms with van der Waals surface area (Å²) in [7, 11) is 2.69. The highest BCUT2D eigenvalue weighted by molar-refractivity contribution is 5.92. The average molecular weight is 523 g/mol. The summed E-state index contributed by atoms with van der Waals surface area (Å²) in [6.45, 7) is 1.27. The molecule has 0 radical (unpaired) electrons. The molecule has 198 valence electrons. The van der Waals surface area contributed by atoms with E-state index in [1.165, 1.54) is 32.4 Å². The number of benzene rings is 2. The zero-order chi connectivity index (χ0) is 26.9. The molecule has 1 aliphatic heterocycles. The van der Waals surface area contributed by atoms with Crippen molar-refractivity contribution in [2.45, 2.75) is 18.6 Å². The third kappa shape index (κ3) is 5.31. The molecule has 3 aromatic rings. The number of nitrogens with two attached hydrogens (primary N) is 2. The Morgan fingerprint density at radius 3 is 2.43 bits per heavy atom. The summed E-state index contributed by atoms with van der Waals surface area (Å²) in [4.78, 5) is 24.8. The lowest BCUT2D eigenvalue weighted by atomic mass is 10.0. The van der Waals surface area contributed by atoms with Gasteiger partial charge in [-0.25, -0.2) is 9.37 Å². The highest BCUT2D eigenvalue weighted by Gasteiger charge is 2.31. The van der Waals surface area contributed by atoms with E-state index in [1.54, 1.807) is 9.80 Å². The number of amides is 1. The first-order chi connectivity index (χ1) is 17.5. The summed E-state index contributed by atoms with van der Waals surface area (Å²) in [6.07, 6.45) is -4.64. The zero-order valence-corrected chi connectivity index (χ0v) is 20.2. The Kier molecular flexibility index (Phi) is 7.25. The van der Waals surface area contributed by atoms with Crippen LogP contribution in [-0.4, -0.2) is 61.2 Å². The Labute approximate surface area is 210 Å². The van der Waals surface area contributed by atoms with Crippen LogP contribution in [0, 0.1) is 5.82 Å². The van der Waals surface area contributed by atoms with Gasteiger partial charge >= 0.3 is 6.18 Å². The standard InChI is InChI=1S/C24H26F4N6O3/c1-36-17-11-15-20(19(25)21(17)37-2)31-23(32-22(15)30)34-8-6-33(7-9-34)18(35)12-16(29)13-4-3-5-14(10-13)24(26,27)28/h3-5,10-11,16H,6-9,12,29H2,1-2H3,(H2,30,31,32). The largest absolute Gasteiger partial charge is 0.493 e. The van der Waals surface area contributed by atoms with Crippen LogP contribution in [0.5, 0.6) is 11.5 Å². The van der Waals surface area contributed by atoms with Crippen molar-refractivity contribution >= 4 is 28.6 Å². The highest BCUT2D eigenvalue weighted by Crippen LogP contribution is 2.37. The Morgan fingerprint density at radius 1 is 1.11 bits per heavy atom. The van der Waals surface area contributed by atoms with Crippen molar-refractivity contribution in [2.75, 3.05) is 51.0 Å². The molecule has 1 aromatic heterocycles. The molecule has 37 heavy (non-hydrogen) atoms. The maximum atomic E-state index is 15.1. The molecule has 0 saturated carbocycles. The van der Waals surface area contributed by atoms with Crippen LogP contribution in [0.15, 0.2) is 30.3 Å². The van der Waals surface area contributed by atoms with Crippen LogP contribution in [0.1, 0.15) is 23.6 Å². The number of piperazine rings is 1. The van der Waals surface area contributed by atoms with Crippen molar-refractivity contribution in [2.24, 2.45) is 5.73 Å². The van der Waals surface area contributed by atoms with E-state index >= 15 is 4.39 Å². The molecule has 4 N–H and O–H groups in total. The predicted octanol–water partition coefficient (Wildman–Crippen LogP) is 3.13.